The van der Waals surface area contributed by atoms with Crippen molar-refractivity contribution in [2.45, 2.75) is 142 Å². The quantitative estimate of drug-likeness (QED) is 0.180. The molecule has 1 atom stereocenters. The average molecular weight is 773 g/mol. The minimum atomic E-state index is -0.198. The van der Waals surface area contributed by atoms with Crippen molar-refractivity contribution in [3.63, 3.8) is 0 Å². The molecule has 4 aliphatic carbocycles. The Bertz CT molecular complexity index is 2100. The summed E-state index contributed by atoms with van der Waals surface area (Å²) < 4.78 is 0. The maximum Gasteiger partial charge on any atom is 0.117 e. The average Bonchev–Trinajstić information content (AvgIpc) is 3.80. The van der Waals surface area contributed by atoms with Crippen molar-refractivity contribution in [1.29, 1.82) is 0 Å². The Morgan fingerprint density at radius 2 is 1.02 bits per heavy atom. The number of hydrogen-bond donors (Lipinski definition) is 0. The van der Waals surface area contributed by atoms with E-state index in [2.05, 4.69) is 136 Å². The van der Waals surface area contributed by atoms with Crippen LogP contribution in [-0.2, 0) is 0 Å². The Morgan fingerprint density at radius 3 is 1.54 bits per heavy atom. The lowest BCUT2D eigenvalue weighted by atomic mass is 9.83. The lowest BCUT2D eigenvalue weighted by Crippen LogP contribution is -2.33. The van der Waals surface area contributed by atoms with E-state index < -0.39 is 0 Å². The maximum absolute atomic E-state index is 2.80. The number of aryl methyl sites for hydroxylation is 6. The Balaban J connectivity index is 1.36. The lowest BCUT2D eigenvalue weighted by molar-refractivity contribution is 0.479. The van der Waals surface area contributed by atoms with Crippen molar-refractivity contribution in [1.82, 2.24) is 0 Å². The van der Waals surface area contributed by atoms with E-state index in [1.807, 2.05) is 0 Å². The molecule has 1 unspecified atom stereocenters. The standard InChI is InChI=1S/C54H65N2P/c1-36-31-38(3)52(39(4)32-36)55-29-30-56(53-40(5)33-37(2)34-41(53)6)54(55)47-27-18-28-50(57(43-21-12-8-13-22-43)44-23-14-9-15-24-44)51(47)49-35-48(42-19-10-7-11-20-42)45-25-16-17-26-46(45)49/h7,10-11,16-17,19-20,25-26,31-35,43-44,50H,8-9,12-15,18,21-24,27-30H2,1-6H3. The zero-order valence-corrected chi connectivity index (χ0v) is 36.7. The van der Waals surface area contributed by atoms with Gasteiger partial charge >= 0.3 is 0 Å². The minimum absolute atomic E-state index is 0.198. The van der Waals surface area contributed by atoms with Gasteiger partial charge in [-0.25, -0.2) is 0 Å². The van der Waals surface area contributed by atoms with Gasteiger partial charge in [0, 0.05) is 30.1 Å². The molecule has 9 rings (SSSR count). The second-order valence-corrected chi connectivity index (χ2v) is 21.3. The number of allylic oxidation sites excluding steroid dienone is 4. The molecule has 0 bridgehead atoms. The van der Waals surface area contributed by atoms with Crippen molar-refractivity contribution in [3.8, 4) is 0 Å². The molecule has 0 amide bonds. The van der Waals surface area contributed by atoms with Crippen LogP contribution in [-0.4, -0.2) is 30.1 Å². The van der Waals surface area contributed by atoms with Gasteiger partial charge < -0.3 is 9.80 Å². The number of anilines is 2. The third-order valence-electron chi connectivity index (χ3n) is 14.2. The predicted octanol–water partition coefficient (Wildman–Crippen LogP) is 14.7. The number of rotatable bonds is 6. The molecule has 296 valence electrons. The van der Waals surface area contributed by atoms with E-state index in [1.165, 1.54) is 155 Å². The Kier molecular flexibility index (Phi) is 11.1. The zero-order valence-electron chi connectivity index (χ0n) is 35.8. The van der Waals surface area contributed by atoms with Crippen molar-refractivity contribution in [2.24, 2.45) is 0 Å². The van der Waals surface area contributed by atoms with Gasteiger partial charge in [0.2, 0.25) is 0 Å². The van der Waals surface area contributed by atoms with Crippen LogP contribution in [0.4, 0.5) is 11.4 Å². The summed E-state index contributed by atoms with van der Waals surface area (Å²) in [6, 6.07) is 30.4. The van der Waals surface area contributed by atoms with Crippen LogP contribution in [0, 0.1) is 41.5 Å². The first kappa shape index (κ1) is 38.6. The molecule has 0 N–H and O–H groups in total. The number of nitrogens with zero attached hydrogens (tertiary/aromatic N) is 2. The van der Waals surface area contributed by atoms with Crippen molar-refractivity contribution in [2.75, 3.05) is 22.9 Å². The van der Waals surface area contributed by atoms with Crippen LogP contribution in [0.5, 0.6) is 0 Å². The van der Waals surface area contributed by atoms with Crippen molar-refractivity contribution < 1.29 is 0 Å². The monoisotopic (exact) mass is 772 g/mol. The van der Waals surface area contributed by atoms with Crippen LogP contribution < -0.4 is 9.80 Å². The maximum atomic E-state index is 2.80. The van der Waals surface area contributed by atoms with Crippen LogP contribution in [0.1, 0.15) is 134 Å². The highest BCUT2D eigenvalue weighted by atomic mass is 31.1. The first-order valence-corrected chi connectivity index (χ1v) is 24.2. The highest BCUT2D eigenvalue weighted by Gasteiger charge is 2.44. The minimum Gasteiger partial charge on any atom is -0.325 e. The van der Waals surface area contributed by atoms with Crippen LogP contribution >= 0.6 is 7.92 Å². The number of fused-ring (bicyclic) bond motifs is 1. The zero-order chi connectivity index (χ0) is 39.2. The molecule has 5 aliphatic rings. The Labute approximate surface area is 345 Å². The van der Waals surface area contributed by atoms with Gasteiger partial charge in [0.25, 0.3) is 0 Å². The van der Waals surface area contributed by atoms with Gasteiger partial charge in [0.15, 0.2) is 0 Å². The summed E-state index contributed by atoms with van der Waals surface area (Å²) >= 11 is 0. The summed E-state index contributed by atoms with van der Waals surface area (Å²) in [5.74, 6) is 1.48. The van der Waals surface area contributed by atoms with E-state index in [0.29, 0.717) is 5.66 Å². The topological polar surface area (TPSA) is 6.48 Å². The van der Waals surface area contributed by atoms with E-state index in [4.69, 9.17) is 0 Å². The fraction of sp³-hybridized carbons (Fsp3) is 0.444. The fourth-order valence-corrected chi connectivity index (χ4v) is 16.8. The summed E-state index contributed by atoms with van der Waals surface area (Å²) in [6.45, 7) is 16.0. The van der Waals surface area contributed by atoms with Gasteiger partial charge in [-0.05, 0) is 165 Å². The molecule has 4 aromatic rings. The van der Waals surface area contributed by atoms with Crippen molar-refractivity contribution >= 4 is 30.4 Å². The predicted molar refractivity (Wildman–Crippen MR) is 248 cm³/mol. The first-order valence-electron chi connectivity index (χ1n) is 22.6. The van der Waals surface area contributed by atoms with Crippen LogP contribution in [0.2, 0.25) is 0 Å². The first-order chi connectivity index (χ1) is 27.8. The SMILES string of the molecule is Cc1cc(C)c(N2CCN(c3c(C)cc(C)cc3C)C2=C2CCCC(P(C3CCCCC3)C3CCCCC3)C2=C2C=C(c3ccccc3)c3ccccc32)c(C)c1. The molecule has 4 fully saturated rings. The fourth-order valence-electron chi connectivity index (χ4n) is 12.2. The van der Waals surface area contributed by atoms with Crippen molar-refractivity contribution in [3.05, 3.63) is 152 Å². The summed E-state index contributed by atoms with van der Waals surface area (Å²) in [5, 5.41) is 0. The number of benzene rings is 4. The molecule has 2 nitrogen and oxygen atoms in total. The summed E-state index contributed by atoms with van der Waals surface area (Å²) in [4.78, 5) is 5.60. The highest BCUT2D eigenvalue weighted by molar-refractivity contribution is 7.60. The molecule has 4 aromatic carbocycles. The van der Waals surface area contributed by atoms with Gasteiger partial charge in [0.05, 0.1) is 0 Å². The van der Waals surface area contributed by atoms with E-state index >= 15 is 0 Å². The van der Waals surface area contributed by atoms with Gasteiger partial charge in [0.1, 0.15) is 5.82 Å². The van der Waals surface area contributed by atoms with Crippen LogP contribution in [0.25, 0.3) is 11.1 Å². The van der Waals surface area contributed by atoms with E-state index in [1.54, 1.807) is 11.1 Å². The molecule has 1 saturated heterocycles. The van der Waals surface area contributed by atoms with E-state index in [0.717, 1.165) is 30.8 Å². The summed E-state index contributed by atoms with van der Waals surface area (Å²) in [7, 11) is -0.198. The normalized spacial score (nSPS) is 22.2. The Morgan fingerprint density at radius 1 is 0.526 bits per heavy atom. The molecule has 0 spiro atoms. The number of hydrogen-bond acceptors (Lipinski definition) is 2. The smallest absolute Gasteiger partial charge is 0.117 e. The van der Waals surface area contributed by atoms with Gasteiger partial charge in [-0.2, -0.15) is 0 Å². The second kappa shape index (κ2) is 16.4. The van der Waals surface area contributed by atoms with Gasteiger partial charge in [-0.1, -0.05) is 136 Å². The van der Waals surface area contributed by atoms with Gasteiger partial charge in [-0.15, -0.1) is 0 Å². The third-order valence-corrected chi connectivity index (χ3v) is 18.2. The lowest BCUT2D eigenvalue weighted by Gasteiger charge is -2.47. The molecule has 3 saturated carbocycles. The largest absolute Gasteiger partial charge is 0.325 e. The summed E-state index contributed by atoms with van der Waals surface area (Å²) in [6.07, 6.45) is 20.9. The molecule has 1 heterocycles. The molecule has 57 heavy (non-hydrogen) atoms. The molecular formula is C54H65N2P. The molecule has 1 aliphatic heterocycles. The molecular weight excluding hydrogens is 708 g/mol. The highest BCUT2D eigenvalue weighted by Crippen LogP contribution is 2.65. The van der Waals surface area contributed by atoms with E-state index in [-0.39, 0.29) is 7.92 Å². The molecule has 0 radical (unpaired) electrons. The van der Waals surface area contributed by atoms with Crippen LogP contribution in [0.3, 0.4) is 0 Å². The molecule has 3 heteroatoms. The summed E-state index contributed by atoms with van der Waals surface area (Å²) in [5.41, 5.74) is 24.1. The van der Waals surface area contributed by atoms with Gasteiger partial charge in [-0.3, -0.25) is 0 Å². The Hall–Kier alpha value is -3.87. The van der Waals surface area contributed by atoms with Crippen LogP contribution in [0.15, 0.2) is 102 Å². The third kappa shape index (κ3) is 7.28. The molecule has 0 aromatic heterocycles. The van der Waals surface area contributed by atoms with E-state index in [9.17, 15) is 0 Å². The second-order valence-electron chi connectivity index (χ2n) is 18.3.